The first-order valence-corrected chi connectivity index (χ1v) is 19.9. The lowest BCUT2D eigenvalue weighted by Crippen LogP contribution is -2.39. The number of benzene rings is 7. The summed E-state index contributed by atoms with van der Waals surface area (Å²) in [6.07, 6.45) is 5.70. The van der Waals surface area contributed by atoms with Crippen LogP contribution in [-0.4, -0.2) is 16.4 Å². The minimum atomic E-state index is -0.487. The Labute approximate surface area is 324 Å². The van der Waals surface area contributed by atoms with E-state index in [0.29, 0.717) is 0 Å². The molecule has 268 valence electrons. The first-order valence-electron chi connectivity index (χ1n) is 19.9. The summed E-state index contributed by atoms with van der Waals surface area (Å²) in [7, 11) is 0. The number of nitrogens with one attached hydrogen (secondary N) is 1. The summed E-state index contributed by atoms with van der Waals surface area (Å²) in [4.78, 5) is 10.7. The molecule has 0 radical (unpaired) electrons. The number of amidine groups is 1. The third kappa shape index (κ3) is 4.67. The fourth-order valence-electron chi connectivity index (χ4n) is 10.0. The van der Waals surface area contributed by atoms with Crippen LogP contribution >= 0.6 is 0 Å². The van der Waals surface area contributed by atoms with Crippen molar-refractivity contribution in [2.45, 2.75) is 43.7 Å². The lowest BCUT2D eigenvalue weighted by Gasteiger charge is -2.36. The van der Waals surface area contributed by atoms with Gasteiger partial charge in [-0.2, -0.15) is 0 Å². The van der Waals surface area contributed by atoms with Crippen molar-refractivity contribution in [1.29, 1.82) is 0 Å². The number of hydrogen-bond donors (Lipinski definition) is 1. The topological polar surface area (TPSA) is 54.8 Å². The summed E-state index contributed by atoms with van der Waals surface area (Å²) in [5.41, 5.74) is 14.1. The van der Waals surface area contributed by atoms with Gasteiger partial charge >= 0.3 is 0 Å². The predicted octanol–water partition coefficient (Wildman–Crippen LogP) is 12.5. The third-order valence-corrected chi connectivity index (χ3v) is 12.7. The van der Waals surface area contributed by atoms with Gasteiger partial charge in [0.1, 0.15) is 17.0 Å². The average molecular weight is 723 g/mol. The number of aliphatic imine (C=N–C) groups is 2. The molecule has 0 bridgehead atoms. The zero-order chi connectivity index (χ0) is 36.8. The second-order valence-electron chi connectivity index (χ2n) is 15.7. The molecule has 9 aromatic rings. The van der Waals surface area contributed by atoms with Gasteiger partial charge in [-0.1, -0.05) is 141 Å². The van der Waals surface area contributed by atoms with Gasteiger partial charge in [-0.3, -0.25) is 4.57 Å². The molecule has 2 aliphatic carbocycles. The fraction of sp³-hybridized carbons (Fsp3) is 0.137. The van der Waals surface area contributed by atoms with E-state index in [1.54, 1.807) is 0 Å². The van der Waals surface area contributed by atoms with Gasteiger partial charge in [-0.15, -0.1) is 0 Å². The van der Waals surface area contributed by atoms with Gasteiger partial charge in [-0.25, -0.2) is 9.98 Å². The summed E-state index contributed by atoms with van der Waals surface area (Å²) >= 11 is 0. The zero-order valence-corrected chi connectivity index (χ0v) is 30.9. The van der Waals surface area contributed by atoms with E-state index < -0.39 is 6.17 Å². The number of nitrogens with zero attached hydrogens (tertiary/aromatic N) is 3. The van der Waals surface area contributed by atoms with E-state index in [-0.39, 0.29) is 5.41 Å². The van der Waals surface area contributed by atoms with Crippen LogP contribution in [0.2, 0.25) is 0 Å². The lowest BCUT2D eigenvalue weighted by atomic mass is 9.68. The Hall–Kier alpha value is -6.72. The van der Waals surface area contributed by atoms with Gasteiger partial charge in [0.25, 0.3) is 0 Å². The van der Waals surface area contributed by atoms with Crippen LogP contribution in [-0.2, 0) is 5.41 Å². The highest BCUT2D eigenvalue weighted by molar-refractivity contribution is 6.19. The van der Waals surface area contributed by atoms with Crippen LogP contribution in [0.1, 0.15) is 60.5 Å². The van der Waals surface area contributed by atoms with Crippen LogP contribution in [0.4, 0.5) is 0 Å². The van der Waals surface area contributed by atoms with E-state index in [9.17, 15) is 0 Å². The van der Waals surface area contributed by atoms with E-state index in [1.807, 2.05) is 12.1 Å². The molecule has 3 heterocycles. The Morgan fingerprint density at radius 1 is 0.518 bits per heavy atom. The normalized spacial score (nSPS) is 17.2. The molecule has 2 aromatic heterocycles. The molecule has 5 heteroatoms. The molecule has 1 aliphatic heterocycles. The first-order chi connectivity index (χ1) is 27.7. The lowest BCUT2D eigenvalue weighted by molar-refractivity contribution is 0.353. The molecule has 1 unspecified atom stereocenters. The van der Waals surface area contributed by atoms with E-state index in [2.05, 4.69) is 155 Å². The highest BCUT2D eigenvalue weighted by Crippen LogP contribution is 2.57. The van der Waals surface area contributed by atoms with Crippen molar-refractivity contribution in [1.82, 2.24) is 9.88 Å². The Kier molecular flexibility index (Phi) is 6.85. The molecule has 0 saturated heterocycles. The Morgan fingerprint density at radius 3 is 2.07 bits per heavy atom. The number of furan rings is 1. The molecule has 5 nitrogen and oxygen atoms in total. The van der Waals surface area contributed by atoms with Crippen LogP contribution in [0, 0.1) is 0 Å². The van der Waals surface area contributed by atoms with E-state index in [4.69, 9.17) is 14.4 Å². The molecule has 12 rings (SSSR count). The van der Waals surface area contributed by atoms with Gasteiger partial charge in [0.15, 0.2) is 6.17 Å². The van der Waals surface area contributed by atoms with Crippen LogP contribution in [0.3, 0.4) is 0 Å². The number of hydrogen-bond acceptors (Lipinski definition) is 4. The summed E-state index contributed by atoms with van der Waals surface area (Å²) < 4.78 is 8.93. The maximum Gasteiger partial charge on any atom is 0.211 e. The van der Waals surface area contributed by atoms with Gasteiger partial charge in [0.2, 0.25) is 5.96 Å². The summed E-state index contributed by atoms with van der Waals surface area (Å²) in [5.74, 6) is 1.56. The van der Waals surface area contributed by atoms with E-state index in [0.717, 1.165) is 55.9 Å². The quantitative estimate of drug-likeness (QED) is 0.197. The van der Waals surface area contributed by atoms with Crippen molar-refractivity contribution < 1.29 is 4.42 Å². The smallest absolute Gasteiger partial charge is 0.211 e. The van der Waals surface area contributed by atoms with Crippen LogP contribution in [0.15, 0.2) is 172 Å². The molecule has 1 N–H and O–H groups in total. The fourth-order valence-corrected chi connectivity index (χ4v) is 10.0. The molecule has 0 amide bonds. The number of rotatable bonds is 3. The van der Waals surface area contributed by atoms with Crippen molar-refractivity contribution in [3.63, 3.8) is 0 Å². The maximum atomic E-state index is 6.58. The van der Waals surface area contributed by atoms with E-state index in [1.165, 1.54) is 76.2 Å². The minimum Gasteiger partial charge on any atom is -0.456 e. The SMILES string of the molecule is c1ccc(C2=NC(c3ccc4c(c3)oc3cc(-c5ccccc5)ccc34)N=C(n3c4ccccc4c4cc5c(cc43)C3(CCCCC3)c3ccccc3-5)N2)cc1. The first kappa shape index (κ1) is 31.6. The molecule has 1 atom stereocenters. The number of aromatic nitrogens is 1. The molecule has 1 saturated carbocycles. The monoisotopic (exact) mass is 722 g/mol. The van der Waals surface area contributed by atoms with Crippen LogP contribution in [0.5, 0.6) is 0 Å². The van der Waals surface area contributed by atoms with Crippen molar-refractivity contribution in [2.75, 3.05) is 0 Å². The predicted molar refractivity (Wildman–Crippen MR) is 230 cm³/mol. The average Bonchev–Trinajstić information content (AvgIpc) is 3.89. The molecule has 1 fully saturated rings. The van der Waals surface area contributed by atoms with Gasteiger partial charge in [0.05, 0.1) is 11.0 Å². The summed E-state index contributed by atoms with van der Waals surface area (Å²) in [6.45, 7) is 0. The zero-order valence-electron chi connectivity index (χ0n) is 30.9. The van der Waals surface area contributed by atoms with Crippen LogP contribution in [0.25, 0.3) is 66.0 Å². The van der Waals surface area contributed by atoms with Gasteiger partial charge in [0, 0.05) is 38.1 Å². The number of fused-ring (bicyclic) bond motifs is 11. The Balaban J connectivity index is 1.04. The van der Waals surface area contributed by atoms with Gasteiger partial charge in [-0.05, 0) is 82.6 Å². The number of para-hydroxylation sites is 1. The highest BCUT2D eigenvalue weighted by atomic mass is 16.3. The minimum absolute atomic E-state index is 0.0461. The summed E-state index contributed by atoms with van der Waals surface area (Å²) in [5, 5.41) is 8.38. The van der Waals surface area contributed by atoms with Crippen molar-refractivity contribution in [2.24, 2.45) is 9.98 Å². The van der Waals surface area contributed by atoms with Gasteiger partial charge < -0.3 is 9.73 Å². The van der Waals surface area contributed by atoms with Crippen molar-refractivity contribution in [3.8, 4) is 22.3 Å². The van der Waals surface area contributed by atoms with E-state index >= 15 is 0 Å². The maximum absolute atomic E-state index is 6.58. The van der Waals surface area contributed by atoms with Crippen molar-refractivity contribution in [3.05, 3.63) is 180 Å². The largest absolute Gasteiger partial charge is 0.456 e. The summed E-state index contributed by atoms with van der Waals surface area (Å²) in [6, 6.07) is 56.7. The molecule has 7 aromatic carbocycles. The second kappa shape index (κ2) is 12.1. The standard InChI is InChI=1S/C51H38N4O/c1-4-14-32(15-5-1)34-22-24-38-39-25-23-35(29-47(39)56-46(38)28-34)49-52-48(33-16-6-2-7-17-33)53-50(54-49)55-44-21-11-9-19-37(44)41-30-40-36-18-8-10-20-42(36)51(26-12-3-13-27-51)43(40)31-45(41)55/h1-2,4-11,14-25,28-31,49H,3,12-13,26-27H2,(H,52,53,54). The third-order valence-electron chi connectivity index (χ3n) is 12.7. The van der Waals surface area contributed by atoms with Crippen LogP contribution < -0.4 is 5.32 Å². The highest BCUT2D eigenvalue weighted by Gasteiger charge is 2.44. The second-order valence-corrected chi connectivity index (χ2v) is 15.7. The molecule has 1 spiro atoms. The molecule has 3 aliphatic rings. The Morgan fingerprint density at radius 2 is 1.23 bits per heavy atom. The molecular weight excluding hydrogens is 685 g/mol. The molecule has 56 heavy (non-hydrogen) atoms. The Bertz CT molecular complexity index is 3090. The van der Waals surface area contributed by atoms with Crippen molar-refractivity contribution >= 4 is 55.5 Å². The molecular formula is C51H38N4O.